The van der Waals surface area contributed by atoms with Crippen LogP contribution in [-0.2, 0) is 10.0 Å². The van der Waals surface area contributed by atoms with Gasteiger partial charge in [0.05, 0.1) is 4.90 Å². The number of hydrogen-bond donors (Lipinski definition) is 4. The maximum absolute atomic E-state index is 11.0. The van der Waals surface area contributed by atoms with Crippen LogP contribution in [0, 0.1) is 0 Å². The fourth-order valence-corrected chi connectivity index (χ4v) is 1.42. The monoisotopic (exact) mass is 288 g/mol. The van der Waals surface area contributed by atoms with E-state index in [1.165, 1.54) is 12.1 Å². The van der Waals surface area contributed by atoms with Gasteiger partial charge in [-0.15, -0.1) is 0 Å². The maximum atomic E-state index is 11.0. The lowest BCUT2D eigenvalue weighted by Gasteiger charge is -1.99. The molecule has 4 amide bonds. The van der Waals surface area contributed by atoms with Gasteiger partial charge < -0.3 is 11.5 Å². The second kappa shape index (κ2) is 7.86. The minimum atomic E-state index is -3.47. The van der Waals surface area contributed by atoms with Gasteiger partial charge in [0.2, 0.25) is 0 Å². The molecule has 7 N–H and O–H groups in total. The van der Waals surface area contributed by atoms with Gasteiger partial charge in [-0.25, -0.2) is 18.0 Å². The molecule has 104 valence electrons. The quantitative estimate of drug-likeness (QED) is 0.322. The molecule has 0 fully saturated rings. The number of azo groups is 1. The molecule has 1 aromatic rings. The fraction of sp³-hybridized carbons (Fsp3) is 0. The summed E-state index contributed by atoms with van der Waals surface area (Å²) in [6, 6.07) is 5.85. The van der Waals surface area contributed by atoms with Gasteiger partial charge in [-0.3, -0.25) is 5.84 Å². The van der Waals surface area contributed by atoms with Crippen molar-refractivity contribution >= 4 is 22.1 Å². The van der Waals surface area contributed by atoms with Gasteiger partial charge in [-0.2, -0.15) is 4.83 Å². The number of carbonyl (C=O) groups excluding carboxylic acids is 2. The topological polar surface area (TPSA) is 183 Å². The lowest BCUT2D eigenvalue weighted by molar-refractivity contribution is 0.249. The first kappa shape index (κ1) is 16.6. The fourth-order valence-electron chi connectivity index (χ4n) is 0.766. The van der Waals surface area contributed by atoms with Crippen LogP contribution in [0.1, 0.15) is 0 Å². The molecule has 0 bridgehead atoms. The summed E-state index contributed by atoms with van der Waals surface area (Å²) >= 11 is 0. The molecule has 10 nitrogen and oxygen atoms in total. The van der Waals surface area contributed by atoms with Crippen LogP contribution in [0.15, 0.2) is 45.5 Å². The number of primary amides is 2. The molecule has 0 aliphatic heterocycles. The smallest absolute Gasteiger partial charge is 0.348 e. The Morgan fingerprint density at radius 3 is 1.74 bits per heavy atom. The molecule has 11 heteroatoms. The van der Waals surface area contributed by atoms with Crippen LogP contribution >= 0.6 is 0 Å². The Balaban J connectivity index is 0.000000362. The number of urea groups is 2. The summed E-state index contributed by atoms with van der Waals surface area (Å²) in [5.74, 6) is 4.80. The highest BCUT2D eigenvalue weighted by Crippen LogP contribution is 2.04. The zero-order valence-electron chi connectivity index (χ0n) is 9.55. The van der Waals surface area contributed by atoms with E-state index in [2.05, 4.69) is 21.7 Å². The third-order valence-corrected chi connectivity index (χ3v) is 2.66. The van der Waals surface area contributed by atoms with Gasteiger partial charge in [0.15, 0.2) is 0 Å². The molecular weight excluding hydrogens is 276 g/mol. The number of nitrogens with two attached hydrogens (primary N) is 3. The minimum absolute atomic E-state index is 0.169. The summed E-state index contributed by atoms with van der Waals surface area (Å²) in [6.07, 6.45) is 0. The molecule has 0 aromatic heterocycles. The molecule has 0 heterocycles. The largest absolute Gasteiger partial charge is 0.357 e. The Morgan fingerprint density at radius 2 is 1.42 bits per heavy atom. The van der Waals surface area contributed by atoms with E-state index in [0.29, 0.717) is 0 Å². The first-order chi connectivity index (χ1) is 8.79. The van der Waals surface area contributed by atoms with Crippen molar-refractivity contribution in [1.82, 2.24) is 4.83 Å². The molecule has 1 rings (SSSR count). The predicted molar refractivity (Wildman–Crippen MR) is 65.0 cm³/mol. The Hall–Kier alpha value is -2.37. The first-order valence-electron chi connectivity index (χ1n) is 4.57. The zero-order chi connectivity index (χ0) is 14.9. The van der Waals surface area contributed by atoms with E-state index in [1.807, 2.05) is 0 Å². The van der Waals surface area contributed by atoms with Crippen molar-refractivity contribution in [3.8, 4) is 0 Å². The summed E-state index contributed by atoms with van der Waals surface area (Å²) in [5, 5.41) is 5.23. The molecule has 0 aliphatic rings. The van der Waals surface area contributed by atoms with Crippen LogP contribution < -0.4 is 22.1 Å². The second-order valence-corrected chi connectivity index (χ2v) is 4.52. The Kier molecular flexibility index (Phi) is 6.88. The highest BCUT2D eigenvalue weighted by Gasteiger charge is 2.08. The SMILES string of the molecule is NC(=O)N=NC(N)=O.NNS(=O)(=O)c1ccccc1. The number of benzene rings is 1. The number of hydrazine groups is 1. The van der Waals surface area contributed by atoms with E-state index >= 15 is 0 Å². The number of carbonyl (C=O) groups is 2. The number of sulfonamides is 1. The standard InChI is InChI=1S/C6H8N2O2S.C2H4N4O2/c7-8-11(9,10)6-4-2-1-3-5-6;3-1(7)5-6-2(4)8/h1-5,8H,7H2;(H2,3,7)(H2,4,8). The molecule has 0 atom stereocenters. The number of amides is 4. The lowest BCUT2D eigenvalue weighted by atomic mass is 10.4. The molecule has 0 saturated heterocycles. The molecular formula is C8H12N6O4S. The highest BCUT2D eigenvalue weighted by molar-refractivity contribution is 7.89. The van der Waals surface area contributed by atoms with Gasteiger partial charge in [0.25, 0.3) is 10.0 Å². The summed E-state index contributed by atoms with van der Waals surface area (Å²) in [5.41, 5.74) is 8.87. The van der Waals surface area contributed by atoms with Gasteiger partial charge >= 0.3 is 12.1 Å². The van der Waals surface area contributed by atoms with Crippen LogP contribution in [0.5, 0.6) is 0 Å². The number of nitrogens with one attached hydrogen (secondary N) is 1. The minimum Gasteiger partial charge on any atom is -0.348 e. The van der Waals surface area contributed by atoms with Crippen LogP contribution in [0.2, 0.25) is 0 Å². The van der Waals surface area contributed by atoms with E-state index in [0.717, 1.165) is 0 Å². The summed E-state index contributed by atoms with van der Waals surface area (Å²) in [4.78, 5) is 21.2. The van der Waals surface area contributed by atoms with Crippen molar-refractivity contribution in [3.05, 3.63) is 30.3 Å². The van der Waals surface area contributed by atoms with Crippen LogP contribution in [0.25, 0.3) is 0 Å². The third kappa shape index (κ3) is 7.54. The van der Waals surface area contributed by atoms with Gasteiger partial charge in [-0.05, 0) is 12.1 Å². The Bertz CT molecular complexity index is 540. The van der Waals surface area contributed by atoms with E-state index in [-0.39, 0.29) is 4.90 Å². The second-order valence-electron chi connectivity index (χ2n) is 2.81. The normalized spacial score (nSPS) is 10.6. The average molecular weight is 288 g/mol. The van der Waals surface area contributed by atoms with Crippen molar-refractivity contribution in [2.45, 2.75) is 4.90 Å². The average Bonchev–Trinajstić information content (AvgIpc) is 2.38. The number of hydrogen-bond acceptors (Lipinski definition) is 5. The van der Waals surface area contributed by atoms with Crippen LogP contribution in [0.3, 0.4) is 0 Å². The van der Waals surface area contributed by atoms with Gasteiger partial charge in [0, 0.05) is 0 Å². The Morgan fingerprint density at radius 1 is 1.00 bits per heavy atom. The predicted octanol–water partition coefficient (Wildman–Crippen LogP) is -0.565. The molecule has 0 radical (unpaired) electrons. The van der Waals surface area contributed by atoms with Crippen molar-refractivity contribution in [2.24, 2.45) is 27.5 Å². The van der Waals surface area contributed by atoms with Crippen LogP contribution in [0.4, 0.5) is 9.59 Å². The van der Waals surface area contributed by atoms with Crippen LogP contribution in [-0.4, -0.2) is 20.5 Å². The van der Waals surface area contributed by atoms with Gasteiger partial charge in [-0.1, -0.05) is 28.4 Å². The van der Waals surface area contributed by atoms with E-state index in [9.17, 15) is 18.0 Å². The Labute approximate surface area is 108 Å². The zero-order valence-corrected chi connectivity index (χ0v) is 10.4. The van der Waals surface area contributed by atoms with E-state index in [1.54, 1.807) is 23.0 Å². The summed E-state index contributed by atoms with van der Waals surface area (Å²) < 4.78 is 21.9. The van der Waals surface area contributed by atoms with Crippen molar-refractivity contribution in [3.63, 3.8) is 0 Å². The highest BCUT2D eigenvalue weighted by atomic mass is 32.2. The van der Waals surface area contributed by atoms with Crippen molar-refractivity contribution in [2.75, 3.05) is 0 Å². The first-order valence-corrected chi connectivity index (χ1v) is 6.06. The number of nitrogens with zero attached hydrogens (tertiary/aromatic N) is 2. The summed E-state index contributed by atoms with van der Waals surface area (Å²) in [7, 11) is -3.47. The number of rotatable bonds is 2. The molecule has 0 saturated carbocycles. The van der Waals surface area contributed by atoms with Gasteiger partial charge in [0.1, 0.15) is 0 Å². The lowest BCUT2D eigenvalue weighted by Crippen LogP contribution is -2.30. The molecule has 19 heavy (non-hydrogen) atoms. The molecule has 0 unspecified atom stereocenters. The molecule has 1 aromatic carbocycles. The summed E-state index contributed by atoms with van der Waals surface area (Å²) in [6.45, 7) is 0. The third-order valence-electron chi connectivity index (χ3n) is 1.46. The van der Waals surface area contributed by atoms with E-state index < -0.39 is 22.1 Å². The van der Waals surface area contributed by atoms with Crippen molar-refractivity contribution < 1.29 is 18.0 Å². The van der Waals surface area contributed by atoms with E-state index in [4.69, 9.17) is 5.84 Å². The molecule has 0 aliphatic carbocycles. The van der Waals surface area contributed by atoms with Crippen molar-refractivity contribution in [1.29, 1.82) is 0 Å². The maximum Gasteiger partial charge on any atom is 0.357 e. The molecule has 0 spiro atoms.